The zero-order chi connectivity index (χ0) is 12.0. The highest BCUT2D eigenvalue weighted by molar-refractivity contribution is 4.80. The summed E-state index contributed by atoms with van der Waals surface area (Å²) < 4.78 is 0. The number of hydrogen-bond donors (Lipinski definition) is 1. The third kappa shape index (κ3) is 4.42. The monoisotopic (exact) mass is 226 g/mol. The van der Waals surface area contributed by atoms with Crippen LogP contribution in [0.15, 0.2) is 0 Å². The minimum Gasteiger partial charge on any atom is -0.313 e. The summed E-state index contributed by atoms with van der Waals surface area (Å²) in [5.41, 5.74) is 0. The van der Waals surface area contributed by atoms with Crippen LogP contribution in [0.5, 0.6) is 0 Å². The molecule has 1 unspecified atom stereocenters. The van der Waals surface area contributed by atoms with Crippen molar-refractivity contribution in [1.29, 1.82) is 0 Å². The topological polar surface area (TPSA) is 15.3 Å². The molecule has 0 aromatic rings. The van der Waals surface area contributed by atoms with Gasteiger partial charge in [0.2, 0.25) is 0 Å². The largest absolute Gasteiger partial charge is 0.313 e. The van der Waals surface area contributed by atoms with Gasteiger partial charge in [-0.3, -0.25) is 4.90 Å². The lowest BCUT2D eigenvalue weighted by atomic mass is 9.93. The van der Waals surface area contributed by atoms with Crippen LogP contribution >= 0.6 is 0 Å². The van der Waals surface area contributed by atoms with Gasteiger partial charge in [0.25, 0.3) is 0 Å². The summed E-state index contributed by atoms with van der Waals surface area (Å²) in [5.74, 6) is 0. The number of nitrogens with one attached hydrogen (secondary N) is 1. The van der Waals surface area contributed by atoms with E-state index in [0.717, 1.165) is 12.6 Å². The van der Waals surface area contributed by atoms with Crippen molar-refractivity contribution in [1.82, 2.24) is 10.2 Å². The molecular weight excluding hydrogens is 196 g/mol. The molecule has 0 radical (unpaired) electrons. The van der Waals surface area contributed by atoms with Gasteiger partial charge >= 0.3 is 0 Å². The van der Waals surface area contributed by atoms with Gasteiger partial charge in [-0.2, -0.15) is 0 Å². The van der Waals surface area contributed by atoms with Crippen molar-refractivity contribution in [3.05, 3.63) is 0 Å². The second-order valence-corrected chi connectivity index (χ2v) is 5.58. The van der Waals surface area contributed by atoms with E-state index in [9.17, 15) is 0 Å². The Morgan fingerprint density at radius 2 is 1.81 bits per heavy atom. The minimum absolute atomic E-state index is 0.605. The Bertz CT molecular complexity index is 174. The van der Waals surface area contributed by atoms with Crippen LogP contribution < -0.4 is 5.32 Å². The average molecular weight is 226 g/mol. The molecule has 1 atom stereocenters. The Balaban J connectivity index is 2.37. The standard InChI is InChI=1S/C14H30N2/c1-5-13(11-15-12(2)3)16(4)14-9-7-6-8-10-14/h12-15H,5-11H2,1-4H3. The molecule has 1 N–H and O–H groups in total. The lowest BCUT2D eigenvalue weighted by Gasteiger charge is -2.37. The van der Waals surface area contributed by atoms with Crippen LogP contribution in [0.3, 0.4) is 0 Å². The van der Waals surface area contributed by atoms with E-state index in [4.69, 9.17) is 0 Å². The summed E-state index contributed by atoms with van der Waals surface area (Å²) >= 11 is 0. The summed E-state index contributed by atoms with van der Waals surface area (Å²) in [6, 6.07) is 2.16. The van der Waals surface area contributed by atoms with Gasteiger partial charge < -0.3 is 5.32 Å². The van der Waals surface area contributed by atoms with Crippen molar-refractivity contribution in [2.45, 2.75) is 77.4 Å². The van der Waals surface area contributed by atoms with Crippen molar-refractivity contribution in [2.75, 3.05) is 13.6 Å². The highest BCUT2D eigenvalue weighted by atomic mass is 15.2. The van der Waals surface area contributed by atoms with Gasteiger partial charge in [-0.15, -0.1) is 0 Å². The highest BCUT2D eigenvalue weighted by Crippen LogP contribution is 2.23. The molecule has 1 rings (SSSR count). The molecule has 0 aromatic carbocycles. The molecule has 2 heteroatoms. The van der Waals surface area contributed by atoms with Crippen molar-refractivity contribution >= 4 is 0 Å². The number of hydrogen-bond acceptors (Lipinski definition) is 2. The van der Waals surface area contributed by atoms with Crippen LogP contribution in [0, 0.1) is 0 Å². The van der Waals surface area contributed by atoms with Gasteiger partial charge in [0, 0.05) is 24.7 Å². The molecule has 0 bridgehead atoms. The van der Waals surface area contributed by atoms with Crippen LogP contribution in [-0.4, -0.2) is 36.6 Å². The lowest BCUT2D eigenvalue weighted by Crippen LogP contribution is -2.47. The van der Waals surface area contributed by atoms with Crippen LogP contribution in [0.1, 0.15) is 59.3 Å². The molecule has 0 aromatic heterocycles. The van der Waals surface area contributed by atoms with E-state index in [0.29, 0.717) is 12.1 Å². The fraction of sp³-hybridized carbons (Fsp3) is 1.00. The predicted octanol–water partition coefficient (Wildman–Crippen LogP) is 3.03. The van der Waals surface area contributed by atoms with Crippen LogP contribution in [0.25, 0.3) is 0 Å². The lowest BCUT2D eigenvalue weighted by molar-refractivity contribution is 0.130. The molecule has 96 valence electrons. The summed E-state index contributed by atoms with van der Waals surface area (Å²) in [6.45, 7) is 7.91. The van der Waals surface area contributed by atoms with Gasteiger partial charge in [0.05, 0.1) is 0 Å². The third-order valence-corrected chi connectivity index (χ3v) is 3.96. The van der Waals surface area contributed by atoms with E-state index in [1.54, 1.807) is 0 Å². The molecular formula is C14H30N2. The SMILES string of the molecule is CCC(CNC(C)C)N(C)C1CCCCC1. The van der Waals surface area contributed by atoms with Crippen molar-refractivity contribution in [3.63, 3.8) is 0 Å². The van der Waals surface area contributed by atoms with E-state index >= 15 is 0 Å². The van der Waals surface area contributed by atoms with Crippen LogP contribution in [-0.2, 0) is 0 Å². The Morgan fingerprint density at radius 3 is 2.31 bits per heavy atom. The van der Waals surface area contributed by atoms with Crippen LogP contribution in [0.4, 0.5) is 0 Å². The summed E-state index contributed by atoms with van der Waals surface area (Å²) in [6.07, 6.45) is 8.40. The molecule has 1 aliphatic carbocycles. The maximum Gasteiger partial charge on any atom is 0.0217 e. The van der Waals surface area contributed by atoms with Gasteiger partial charge in [0.1, 0.15) is 0 Å². The second-order valence-electron chi connectivity index (χ2n) is 5.58. The average Bonchev–Trinajstić information content (AvgIpc) is 2.30. The van der Waals surface area contributed by atoms with E-state index in [1.807, 2.05) is 0 Å². The van der Waals surface area contributed by atoms with Crippen LogP contribution in [0.2, 0.25) is 0 Å². The Labute approximate surface area is 102 Å². The summed E-state index contributed by atoms with van der Waals surface area (Å²) in [4.78, 5) is 2.63. The maximum atomic E-state index is 3.57. The zero-order valence-corrected chi connectivity index (χ0v) is 11.6. The molecule has 0 saturated heterocycles. The minimum atomic E-state index is 0.605. The molecule has 0 aliphatic heterocycles. The second kappa shape index (κ2) is 7.29. The normalized spacial score (nSPS) is 20.6. The third-order valence-electron chi connectivity index (χ3n) is 3.96. The Morgan fingerprint density at radius 1 is 1.19 bits per heavy atom. The van der Waals surface area contributed by atoms with E-state index in [2.05, 4.69) is 38.0 Å². The zero-order valence-electron chi connectivity index (χ0n) is 11.6. The summed E-state index contributed by atoms with van der Waals surface area (Å²) in [7, 11) is 2.33. The first kappa shape index (κ1) is 14.0. The maximum absolute atomic E-state index is 3.57. The summed E-state index contributed by atoms with van der Waals surface area (Å²) in [5, 5.41) is 3.57. The van der Waals surface area contributed by atoms with Gasteiger partial charge in [-0.25, -0.2) is 0 Å². The molecule has 0 heterocycles. The smallest absolute Gasteiger partial charge is 0.0217 e. The number of rotatable bonds is 6. The van der Waals surface area contributed by atoms with E-state index in [-0.39, 0.29) is 0 Å². The fourth-order valence-corrected chi connectivity index (χ4v) is 2.73. The molecule has 1 saturated carbocycles. The molecule has 16 heavy (non-hydrogen) atoms. The highest BCUT2D eigenvalue weighted by Gasteiger charge is 2.23. The molecule has 1 fully saturated rings. The van der Waals surface area contributed by atoms with Gasteiger partial charge in [0.15, 0.2) is 0 Å². The number of likely N-dealkylation sites (N-methyl/N-ethyl adjacent to an activating group) is 1. The Hall–Kier alpha value is -0.0800. The van der Waals surface area contributed by atoms with Gasteiger partial charge in [-0.05, 0) is 26.3 Å². The molecule has 1 aliphatic rings. The van der Waals surface area contributed by atoms with Gasteiger partial charge in [-0.1, -0.05) is 40.0 Å². The van der Waals surface area contributed by atoms with E-state index in [1.165, 1.54) is 38.5 Å². The predicted molar refractivity (Wildman–Crippen MR) is 71.9 cm³/mol. The molecule has 2 nitrogen and oxygen atoms in total. The quantitative estimate of drug-likeness (QED) is 0.749. The molecule has 0 spiro atoms. The first-order valence-corrected chi connectivity index (χ1v) is 7.10. The fourth-order valence-electron chi connectivity index (χ4n) is 2.73. The van der Waals surface area contributed by atoms with Crippen molar-refractivity contribution in [2.24, 2.45) is 0 Å². The van der Waals surface area contributed by atoms with Crippen molar-refractivity contribution in [3.8, 4) is 0 Å². The number of nitrogens with zero attached hydrogens (tertiary/aromatic N) is 1. The van der Waals surface area contributed by atoms with E-state index < -0.39 is 0 Å². The van der Waals surface area contributed by atoms with Crippen molar-refractivity contribution < 1.29 is 0 Å². The first-order valence-electron chi connectivity index (χ1n) is 7.10. The molecule has 0 amide bonds. The Kier molecular flexibility index (Phi) is 6.37. The first-order chi connectivity index (χ1) is 7.65.